The summed E-state index contributed by atoms with van der Waals surface area (Å²) < 4.78 is 5.32. The first-order valence-corrected chi connectivity index (χ1v) is 10.1. The Bertz CT molecular complexity index is 1220. The van der Waals surface area contributed by atoms with Gasteiger partial charge in [0.05, 0.1) is 6.26 Å². The normalized spacial score (nSPS) is 11.5. The van der Waals surface area contributed by atoms with Crippen LogP contribution in [-0.4, -0.2) is 23.3 Å². The Balaban J connectivity index is 1.47. The molecule has 0 spiro atoms. The van der Waals surface area contributed by atoms with E-state index in [2.05, 4.69) is 21.7 Å². The Hall–Kier alpha value is -4.06. The predicted molar refractivity (Wildman–Crippen MR) is 120 cm³/mol. The number of carbonyl (C=O) groups is 2. The lowest BCUT2D eigenvalue weighted by Gasteiger charge is -2.11. The van der Waals surface area contributed by atoms with Crippen molar-refractivity contribution >= 4 is 28.8 Å². The zero-order valence-corrected chi connectivity index (χ0v) is 17.1. The van der Waals surface area contributed by atoms with Crippen molar-refractivity contribution in [2.75, 3.05) is 6.54 Å². The summed E-state index contributed by atoms with van der Waals surface area (Å²) in [6.45, 7) is 2.46. The molecule has 0 saturated heterocycles. The maximum Gasteiger partial charge on any atom is 0.267 e. The number of carbonyl (C=O) groups excluding carboxylic acids is 2. The molecule has 2 heterocycles. The summed E-state index contributed by atoms with van der Waals surface area (Å²) in [4.78, 5) is 28.8. The van der Waals surface area contributed by atoms with E-state index in [1.165, 1.54) is 17.9 Å². The van der Waals surface area contributed by atoms with Gasteiger partial charge >= 0.3 is 0 Å². The lowest BCUT2D eigenvalue weighted by atomic mass is 10.1. The van der Waals surface area contributed by atoms with Gasteiger partial charge in [-0.3, -0.25) is 9.59 Å². The van der Waals surface area contributed by atoms with Crippen LogP contribution >= 0.6 is 0 Å². The van der Waals surface area contributed by atoms with Crippen LogP contribution in [0.25, 0.3) is 17.0 Å². The van der Waals surface area contributed by atoms with Crippen LogP contribution in [-0.2, 0) is 11.2 Å². The summed E-state index contributed by atoms with van der Waals surface area (Å²) in [6.07, 6.45) is 3.70. The number of nitrogens with one attached hydrogen (secondary N) is 3. The first-order valence-electron chi connectivity index (χ1n) is 10.1. The van der Waals surface area contributed by atoms with E-state index < -0.39 is 0 Å². The zero-order chi connectivity index (χ0) is 21.6. The number of para-hydroxylation sites is 1. The molecular weight excluding hydrogens is 390 g/mol. The molecule has 4 aromatic rings. The first kappa shape index (κ1) is 20.2. The largest absolute Gasteiger partial charge is 0.465 e. The molecule has 0 aliphatic carbocycles. The highest BCUT2D eigenvalue weighted by Crippen LogP contribution is 2.22. The van der Waals surface area contributed by atoms with Gasteiger partial charge in [0.15, 0.2) is 0 Å². The monoisotopic (exact) mass is 413 g/mol. The van der Waals surface area contributed by atoms with Gasteiger partial charge < -0.3 is 20.0 Å². The highest BCUT2D eigenvalue weighted by molar-refractivity contribution is 6.05. The molecule has 0 fully saturated rings. The molecule has 0 aliphatic heterocycles. The van der Waals surface area contributed by atoms with Crippen LogP contribution in [0.5, 0.6) is 0 Å². The molecule has 4 rings (SSSR count). The van der Waals surface area contributed by atoms with Gasteiger partial charge in [-0.05, 0) is 49.2 Å². The Morgan fingerprint density at radius 3 is 2.55 bits per heavy atom. The van der Waals surface area contributed by atoms with Crippen LogP contribution < -0.4 is 10.6 Å². The van der Waals surface area contributed by atoms with Gasteiger partial charge in [0.25, 0.3) is 11.8 Å². The van der Waals surface area contributed by atoms with Gasteiger partial charge in [-0.2, -0.15) is 0 Å². The molecule has 0 aliphatic rings. The molecule has 31 heavy (non-hydrogen) atoms. The van der Waals surface area contributed by atoms with Gasteiger partial charge in [0, 0.05) is 34.8 Å². The van der Waals surface area contributed by atoms with Crippen LogP contribution in [0.15, 0.2) is 83.1 Å². The van der Waals surface area contributed by atoms with Crippen molar-refractivity contribution in [3.8, 4) is 0 Å². The summed E-state index contributed by atoms with van der Waals surface area (Å²) in [6, 6.07) is 20.3. The van der Waals surface area contributed by atoms with Crippen LogP contribution in [0.3, 0.4) is 0 Å². The van der Waals surface area contributed by atoms with Crippen molar-refractivity contribution < 1.29 is 14.0 Å². The number of benzene rings is 2. The Morgan fingerprint density at radius 1 is 1.00 bits per heavy atom. The summed E-state index contributed by atoms with van der Waals surface area (Å²) in [5.74, 6) is -0.259. The third kappa shape index (κ3) is 4.75. The molecule has 2 amide bonds. The minimum Gasteiger partial charge on any atom is -0.465 e. The number of fused-ring (bicyclic) bond motifs is 1. The topological polar surface area (TPSA) is 87.1 Å². The second-order valence-corrected chi connectivity index (χ2v) is 7.17. The number of hydrogen-bond acceptors (Lipinski definition) is 3. The van der Waals surface area contributed by atoms with E-state index in [9.17, 15) is 9.59 Å². The lowest BCUT2D eigenvalue weighted by Crippen LogP contribution is -2.35. The third-order valence-electron chi connectivity index (χ3n) is 5.05. The van der Waals surface area contributed by atoms with Gasteiger partial charge in [0.2, 0.25) is 0 Å². The second-order valence-electron chi connectivity index (χ2n) is 7.17. The van der Waals surface area contributed by atoms with Crippen molar-refractivity contribution in [1.29, 1.82) is 0 Å². The Morgan fingerprint density at radius 2 is 1.77 bits per heavy atom. The van der Waals surface area contributed by atoms with Crippen molar-refractivity contribution in [2.24, 2.45) is 0 Å². The van der Waals surface area contributed by atoms with Crippen molar-refractivity contribution in [2.45, 2.75) is 13.3 Å². The van der Waals surface area contributed by atoms with Crippen molar-refractivity contribution in [1.82, 2.24) is 15.6 Å². The van der Waals surface area contributed by atoms with Crippen molar-refractivity contribution in [3.63, 3.8) is 0 Å². The molecular formula is C25H23N3O3. The number of H-pyrrole nitrogens is 1. The molecule has 2 aromatic heterocycles. The highest BCUT2D eigenvalue weighted by atomic mass is 16.3. The second kappa shape index (κ2) is 9.17. The van der Waals surface area contributed by atoms with Gasteiger partial charge in [-0.25, -0.2) is 0 Å². The van der Waals surface area contributed by atoms with Gasteiger partial charge in [-0.15, -0.1) is 0 Å². The molecule has 2 aromatic carbocycles. The SMILES string of the molecule is Cc1[nH]c2ccccc2c1CCNC(=O)C(=Cc1ccco1)NC(=O)c1ccccc1. The van der Waals surface area contributed by atoms with E-state index in [1.807, 2.05) is 31.2 Å². The van der Waals surface area contributed by atoms with Crippen LogP contribution in [0, 0.1) is 6.92 Å². The molecule has 3 N–H and O–H groups in total. The summed E-state index contributed by atoms with van der Waals surface area (Å²) >= 11 is 0. The predicted octanol–water partition coefficient (Wildman–Crippen LogP) is 4.20. The van der Waals surface area contributed by atoms with Crippen LogP contribution in [0.1, 0.15) is 27.4 Å². The average molecular weight is 413 g/mol. The number of hydrogen-bond donors (Lipinski definition) is 3. The number of amides is 2. The molecule has 0 bridgehead atoms. The minimum absolute atomic E-state index is 0.124. The van der Waals surface area contributed by atoms with E-state index in [1.54, 1.807) is 36.4 Å². The van der Waals surface area contributed by atoms with E-state index in [4.69, 9.17) is 4.42 Å². The smallest absolute Gasteiger partial charge is 0.267 e. The molecule has 0 atom stereocenters. The molecule has 0 unspecified atom stereocenters. The number of rotatable bonds is 7. The number of aromatic amines is 1. The Kier molecular flexibility index (Phi) is 5.98. The molecule has 6 heteroatoms. The number of aromatic nitrogens is 1. The summed E-state index contributed by atoms with van der Waals surface area (Å²) in [5, 5.41) is 6.76. The quantitative estimate of drug-likeness (QED) is 0.397. The number of aryl methyl sites for hydroxylation is 1. The average Bonchev–Trinajstić information content (AvgIpc) is 3.41. The van der Waals surface area contributed by atoms with Crippen LogP contribution in [0.2, 0.25) is 0 Å². The summed E-state index contributed by atoms with van der Waals surface area (Å²) in [7, 11) is 0. The molecule has 0 radical (unpaired) electrons. The van der Waals surface area contributed by atoms with Gasteiger partial charge in [0.1, 0.15) is 11.5 Å². The first-order chi connectivity index (χ1) is 15.1. The van der Waals surface area contributed by atoms with E-state index >= 15 is 0 Å². The lowest BCUT2D eigenvalue weighted by molar-refractivity contribution is -0.117. The van der Waals surface area contributed by atoms with E-state index in [0.717, 1.165) is 16.6 Å². The molecule has 6 nitrogen and oxygen atoms in total. The Labute approximate surface area is 180 Å². The standard InChI is InChI=1S/C25H23N3O3/c1-17-20(21-11-5-6-12-22(21)27-17)13-14-26-25(30)23(16-19-10-7-15-31-19)28-24(29)18-8-3-2-4-9-18/h2-12,15-16,27H,13-14H2,1H3,(H,26,30)(H,28,29). The number of furan rings is 1. The third-order valence-corrected chi connectivity index (χ3v) is 5.05. The highest BCUT2D eigenvalue weighted by Gasteiger charge is 2.16. The van der Waals surface area contributed by atoms with Crippen LogP contribution in [0.4, 0.5) is 0 Å². The maximum atomic E-state index is 12.9. The summed E-state index contributed by atoms with van der Waals surface area (Å²) in [5.41, 5.74) is 3.92. The zero-order valence-electron chi connectivity index (χ0n) is 17.1. The maximum absolute atomic E-state index is 12.9. The van der Waals surface area contributed by atoms with Crippen molar-refractivity contribution in [3.05, 3.63) is 101 Å². The van der Waals surface area contributed by atoms with E-state index in [0.29, 0.717) is 24.3 Å². The fraction of sp³-hybridized carbons (Fsp3) is 0.120. The van der Waals surface area contributed by atoms with E-state index in [-0.39, 0.29) is 17.5 Å². The fourth-order valence-electron chi connectivity index (χ4n) is 3.51. The fourth-order valence-corrected chi connectivity index (χ4v) is 3.51. The minimum atomic E-state index is -0.377. The van der Waals surface area contributed by atoms with Gasteiger partial charge in [-0.1, -0.05) is 36.4 Å². The molecule has 156 valence electrons. The molecule has 0 saturated carbocycles.